The van der Waals surface area contributed by atoms with Crippen LogP contribution in [0.3, 0.4) is 0 Å². The molecule has 26 heavy (non-hydrogen) atoms. The van der Waals surface area contributed by atoms with E-state index in [0.717, 1.165) is 22.6 Å². The fraction of sp³-hybridized carbons (Fsp3) is 0.0500. The molecule has 4 nitrogen and oxygen atoms in total. The lowest BCUT2D eigenvalue weighted by molar-refractivity contribution is 0.628. The molecule has 0 spiro atoms. The molecule has 2 aromatic heterocycles. The van der Waals surface area contributed by atoms with Gasteiger partial charge in [-0.05, 0) is 35.9 Å². The Morgan fingerprint density at radius 2 is 1.81 bits per heavy atom. The molecule has 0 radical (unpaired) electrons. The van der Waals surface area contributed by atoms with Crippen LogP contribution in [-0.4, -0.2) is 25.3 Å². The van der Waals surface area contributed by atoms with Gasteiger partial charge in [0.15, 0.2) is 0 Å². The largest absolute Gasteiger partial charge is 0.253 e. The summed E-state index contributed by atoms with van der Waals surface area (Å²) in [7, 11) is 0. The predicted octanol–water partition coefficient (Wildman–Crippen LogP) is 4.74. The highest BCUT2D eigenvalue weighted by atomic mass is 32.2. The second kappa shape index (κ2) is 7.49. The number of fused-ring (bicyclic) bond motifs is 1. The number of hydrogen-bond donors (Lipinski definition) is 0. The molecule has 0 saturated heterocycles. The number of halogens is 1. The Kier molecular flexibility index (Phi) is 4.75. The van der Waals surface area contributed by atoms with Gasteiger partial charge in [-0.15, -0.1) is 5.10 Å². The van der Waals surface area contributed by atoms with Gasteiger partial charge in [-0.25, -0.2) is 9.37 Å². The molecule has 0 N–H and O–H groups in total. The summed E-state index contributed by atoms with van der Waals surface area (Å²) in [6, 6.07) is 18.3. The van der Waals surface area contributed by atoms with Crippen LogP contribution in [0, 0.1) is 5.82 Å². The molecule has 2 heterocycles. The van der Waals surface area contributed by atoms with E-state index in [2.05, 4.69) is 39.4 Å². The first-order valence-electron chi connectivity index (χ1n) is 8.12. The molecule has 4 rings (SSSR count). The Bertz CT molecular complexity index is 1040. The van der Waals surface area contributed by atoms with E-state index in [1.54, 1.807) is 34.6 Å². The highest BCUT2D eigenvalue weighted by Crippen LogP contribution is 2.22. The molecular weight excluding hydrogens is 347 g/mol. The van der Waals surface area contributed by atoms with Crippen molar-refractivity contribution in [3.8, 4) is 11.3 Å². The van der Waals surface area contributed by atoms with Gasteiger partial charge in [-0.1, -0.05) is 54.2 Å². The summed E-state index contributed by atoms with van der Waals surface area (Å²) in [5.74, 6) is 1.03. The molecule has 4 aromatic rings. The zero-order chi connectivity index (χ0) is 17.8. The summed E-state index contributed by atoms with van der Waals surface area (Å²) < 4.78 is 14.9. The minimum absolute atomic E-state index is 0.265. The summed E-state index contributed by atoms with van der Waals surface area (Å²) in [5, 5.41) is 5.19. The molecule has 2 aromatic carbocycles. The summed E-state index contributed by atoms with van der Waals surface area (Å²) in [4.78, 5) is 8.72. The van der Waals surface area contributed by atoms with E-state index < -0.39 is 0 Å². The molecule has 6 heteroatoms. The van der Waals surface area contributed by atoms with Crippen LogP contribution in [0.1, 0.15) is 5.56 Å². The third-order valence-electron chi connectivity index (χ3n) is 3.78. The van der Waals surface area contributed by atoms with Crippen molar-refractivity contribution in [1.82, 2.24) is 19.6 Å². The van der Waals surface area contributed by atoms with Gasteiger partial charge in [-0.3, -0.25) is 0 Å². The third-order valence-corrected chi connectivity index (χ3v) is 4.57. The number of hydrogen-bond acceptors (Lipinski definition) is 4. The lowest BCUT2D eigenvalue weighted by Crippen LogP contribution is -1.95. The van der Waals surface area contributed by atoms with E-state index in [-0.39, 0.29) is 5.82 Å². The van der Waals surface area contributed by atoms with Crippen molar-refractivity contribution < 1.29 is 4.39 Å². The summed E-state index contributed by atoms with van der Waals surface area (Å²) in [6.45, 7) is 0. The van der Waals surface area contributed by atoms with Crippen molar-refractivity contribution in [3.05, 3.63) is 84.3 Å². The Balaban J connectivity index is 1.53. The molecule has 128 valence electrons. The minimum atomic E-state index is -0.265. The molecule has 0 aliphatic rings. The number of thioether (sulfide) groups is 1. The number of aromatic nitrogens is 4. The van der Waals surface area contributed by atoms with Gasteiger partial charge in [0, 0.05) is 17.5 Å². The fourth-order valence-electron chi connectivity index (χ4n) is 2.55. The summed E-state index contributed by atoms with van der Waals surface area (Å²) in [5.41, 5.74) is 2.86. The SMILES string of the molecule is Fc1ccc(-c2ccnc3nc(SC/C=C/c4ccccc4)nn23)cc1. The standard InChI is InChI=1S/C20H15FN4S/c21-17-10-8-16(9-11-17)18-12-13-22-19-23-20(24-25(18)19)26-14-4-7-15-5-2-1-3-6-15/h1-13H,14H2/b7-4+. The van der Waals surface area contributed by atoms with E-state index in [9.17, 15) is 4.39 Å². The molecule has 0 aliphatic heterocycles. The molecule has 0 fully saturated rings. The first kappa shape index (κ1) is 16.5. The van der Waals surface area contributed by atoms with Gasteiger partial charge in [0.25, 0.3) is 5.78 Å². The van der Waals surface area contributed by atoms with Crippen LogP contribution in [0.2, 0.25) is 0 Å². The monoisotopic (exact) mass is 362 g/mol. The maximum absolute atomic E-state index is 13.2. The molecule has 0 amide bonds. The quantitative estimate of drug-likeness (QED) is 0.481. The van der Waals surface area contributed by atoms with Crippen LogP contribution in [0.5, 0.6) is 0 Å². The van der Waals surface area contributed by atoms with Crippen LogP contribution < -0.4 is 0 Å². The smallest absolute Gasteiger partial charge is 0.220 e. The van der Waals surface area contributed by atoms with Gasteiger partial charge in [0.05, 0.1) is 5.69 Å². The van der Waals surface area contributed by atoms with Crippen molar-refractivity contribution in [1.29, 1.82) is 0 Å². The van der Waals surface area contributed by atoms with Crippen molar-refractivity contribution in [3.63, 3.8) is 0 Å². The zero-order valence-electron chi connectivity index (χ0n) is 13.8. The first-order valence-corrected chi connectivity index (χ1v) is 9.10. The fourth-order valence-corrected chi connectivity index (χ4v) is 3.17. The second-order valence-electron chi connectivity index (χ2n) is 5.57. The average Bonchev–Trinajstić information content (AvgIpc) is 3.10. The number of nitrogens with zero attached hydrogens (tertiary/aromatic N) is 4. The summed E-state index contributed by atoms with van der Waals surface area (Å²) in [6.07, 6.45) is 5.84. The molecule has 0 atom stereocenters. The normalized spacial score (nSPS) is 11.4. The topological polar surface area (TPSA) is 43.1 Å². The van der Waals surface area contributed by atoms with E-state index in [0.29, 0.717) is 10.9 Å². The van der Waals surface area contributed by atoms with Gasteiger partial charge >= 0.3 is 0 Å². The van der Waals surface area contributed by atoms with Crippen LogP contribution in [-0.2, 0) is 0 Å². The van der Waals surface area contributed by atoms with Crippen LogP contribution >= 0.6 is 11.8 Å². The summed E-state index contributed by atoms with van der Waals surface area (Å²) >= 11 is 1.54. The van der Waals surface area contributed by atoms with E-state index in [4.69, 9.17) is 0 Å². The van der Waals surface area contributed by atoms with Crippen LogP contribution in [0.4, 0.5) is 4.39 Å². The van der Waals surface area contributed by atoms with Crippen molar-refractivity contribution in [2.45, 2.75) is 5.16 Å². The highest BCUT2D eigenvalue weighted by Gasteiger charge is 2.10. The average molecular weight is 362 g/mol. The first-order chi connectivity index (χ1) is 12.8. The second-order valence-corrected chi connectivity index (χ2v) is 6.55. The van der Waals surface area contributed by atoms with Crippen molar-refractivity contribution in [2.75, 3.05) is 5.75 Å². The zero-order valence-corrected chi connectivity index (χ0v) is 14.6. The van der Waals surface area contributed by atoms with Crippen molar-refractivity contribution in [2.24, 2.45) is 0 Å². The van der Waals surface area contributed by atoms with E-state index in [1.165, 1.54) is 12.1 Å². The molecule has 0 unspecified atom stereocenters. The van der Waals surface area contributed by atoms with E-state index >= 15 is 0 Å². The van der Waals surface area contributed by atoms with E-state index in [1.807, 2.05) is 24.3 Å². The lowest BCUT2D eigenvalue weighted by Gasteiger charge is -2.02. The van der Waals surface area contributed by atoms with Crippen LogP contribution in [0.25, 0.3) is 23.1 Å². The van der Waals surface area contributed by atoms with Gasteiger partial charge in [0.2, 0.25) is 5.16 Å². The Labute approximate surface area is 154 Å². The highest BCUT2D eigenvalue weighted by molar-refractivity contribution is 7.99. The maximum Gasteiger partial charge on any atom is 0.253 e. The lowest BCUT2D eigenvalue weighted by atomic mass is 10.1. The number of rotatable bonds is 5. The molecule has 0 aliphatic carbocycles. The molecule has 0 bridgehead atoms. The predicted molar refractivity (Wildman–Crippen MR) is 102 cm³/mol. The van der Waals surface area contributed by atoms with Crippen LogP contribution in [0.15, 0.2) is 78.1 Å². The molecular formula is C20H15FN4S. The number of benzene rings is 2. The Hall–Kier alpha value is -2.99. The molecule has 0 saturated carbocycles. The third kappa shape index (κ3) is 3.65. The van der Waals surface area contributed by atoms with Crippen molar-refractivity contribution >= 4 is 23.6 Å². The Morgan fingerprint density at radius 1 is 1.00 bits per heavy atom. The van der Waals surface area contributed by atoms with Gasteiger partial charge < -0.3 is 0 Å². The van der Waals surface area contributed by atoms with Gasteiger partial charge in [0.1, 0.15) is 5.82 Å². The maximum atomic E-state index is 13.2. The van der Waals surface area contributed by atoms with Gasteiger partial charge in [-0.2, -0.15) is 9.50 Å². The minimum Gasteiger partial charge on any atom is -0.220 e. The Morgan fingerprint density at radius 3 is 2.62 bits per heavy atom.